The smallest absolute Gasteiger partial charge is 0.126 e. The highest BCUT2D eigenvalue weighted by atomic mass is 15.1. The van der Waals surface area contributed by atoms with Crippen molar-refractivity contribution in [2.75, 3.05) is 37.2 Å². The Kier molecular flexibility index (Phi) is 5.77. The zero-order chi connectivity index (χ0) is 12.7. The second kappa shape index (κ2) is 7.12. The van der Waals surface area contributed by atoms with Crippen LogP contribution in [-0.4, -0.2) is 36.1 Å². The normalized spacial score (nSPS) is 10.8. The number of hydrogen-bond donors (Lipinski definition) is 2. The fraction of sp³-hybridized carbons (Fsp3) is 0.615. The lowest BCUT2D eigenvalue weighted by Gasteiger charge is -2.17. The standard InChI is InChI=1S/C13H24N4/c1-4-17(5-2)8-6-7-15-13-9-11(3)12(14)10-16-13/h9-10H,4-8,14H2,1-3H3,(H,15,16). The molecule has 4 nitrogen and oxygen atoms in total. The van der Waals surface area contributed by atoms with E-state index in [1.54, 1.807) is 6.20 Å². The van der Waals surface area contributed by atoms with Crippen molar-refractivity contribution in [2.45, 2.75) is 27.2 Å². The van der Waals surface area contributed by atoms with Crippen LogP contribution < -0.4 is 11.1 Å². The minimum Gasteiger partial charge on any atom is -0.397 e. The Morgan fingerprint density at radius 2 is 2.06 bits per heavy atom. The first kappa shape index (κ1) is 13.8. The summed E-state index contributed by atoms with van der Waals surface area (Å²) in [5.74, 6) is 0.913. The fourth-order valence-corrected chi connectivity index (χ4v) is 1.72. The summed E-state index contributed by atoms with van der Waals surface area (Å²) in [5, 5.41) is 3.32. The number of aryl methyl sites for hydroxylation is 1. The summed E-state index contributed by atoms with van der Waals surface area (Å²) < 4.78 is 0. The van der Waals surface area contributed by atoms with Crippen LogP contribution in [0.15, 0.2) is 12.3 Å². The van der Waals surface area contributed by atoms with E-state index in [1.807, 2.05) is 13.0 Å². The number of nitrogens with zero attached hydrogens (tertiary/aromatic N) is 2. The number of hydrogen-bond acceptors (Lipinski definition) is 4. The van der Waals surface area contributed by atoms with E-state index in [2.05, 4.69) is 29.0 Å². The third kappa shape index (κ3) is 4.61. The number of pyridine rings is 1. The monoisotopic (exact) mass is 236 g/mol. The van der Waals surface area contributed by atoms with E-state index in [4.69, 9.17) is 5.73 Å². The van der Waals surface area contributed by atoms with Crippen LogP contribution in [-0.2, 0) is 0 Å². The molecule has 0 saturated carbocycles. The number of nitrogen functional groups attached to an aromatic ring is 1. The molecule has 17 heavy (non-hydrogen) atoms. The molecular weight excluding hydrogens is 212 g/mol. The number of aromatic nitrogens is 1. The van der Waals surface area contributed by atoms with E-state index < -0.39 is 0 Å². The van der Waals surface area contributed by atoms with Crippen LogP contribution >= 0.6 is 0 Å². The van der Waals surface area contributed by atoms with Gasteiger partial charge in [-0.2, -0.15) is 0 Å². The van der Waals surface area contributed by atoms with Gasteiger partial charge in [0.2, 0.25) is 0 Å². The Labute approximate surface area is 104 Å². The second-order valence-corrected chi connectivity index (χ2v) is 4.23. The van der Waals surface area contributed by atoms with Gasteiger partial charge in [-0.3, -0.25) is 0 Å². The molecule has 0 radical (unpaired) electrons. The molecule has 3 N–H and O–H groups in total. The molecule has 0 spiro atoms. The molecule has 0 amide bonds. The average Bonchev–Trinajstić information content (AvgIpc) is 2.34. The Bertz CT molecular complexity index is 334. The van der Waals surface area contributed by atoms with Gasteiger partial charge in [0, 0.05) is 6.54 Å². The van der Waals surface area contributed by atoms with Crippen molar-refractivity contribution in [3.8, 4) is 0 Å². The molecule has 0 fully saturated rings. The summed E-state index contributed by atoms with van der Waals surface area (Å²) in [7, 11) is 0. The van der Waals surface area contributed by atoms with Gasteiger partial charge in [-0.1, -0.05) is 13.8 Å². The van der Waals surface area contributed by atoms with Gasteiger partial charge >= 0.3 is 0 Å². The minimum absolute atomic E-state index is 0.749. The molecule has 0 aliphatic heterocycles. The van der Waals surface area contributed by atoms with Crippen LogP contribution in [0.4, 0.5) is 11.5 Å². The largest absolute Gasteiger partial charge is 0.397 e. The highest BCUT2D eigenvalue weighted by Gasteiger charge is 2.00. The minimum atomic E-state index is 0.749. The van der Waals surface area contributed by atoms with Gasteiger partial charge in [0.25, 0.3) is 0 Å². The first-order chi connectivity index (χ1) is 8.17. The van der Waals surface area contributed by atoms with Crippen LogP contribution in [0.2, 0.25) is 0 Å². The third-order valence-corrected chi connectivity index (χ3v) is 3.00. The molecule has 96 valence electrons. The first-order valence-corrected chi connectivity index (χ1v) is 6.35. The third-order valence-electron chi connectivity index (χ3n) is 3.00. The van der Waals surface area contributed by atoms with Crippen LogP contribution in [0.1, 0.15) is 25.8 Å². The van der Waals surface area contributed by atoms with E-state index in [0.717, 1.165) is 49.7 Å². The van der Waals surface area contributed by atoms with Gasteiger partial charge < -0.3 is 16.0 Å². The van der Waals surface area contributed by atoms with E-state index >= 15 is 0 Å². The zero-order valence-corrected chi connectivity index (χ0v) is 11.2. The van der Waals surface area contributed by atoms with Gasteiger partial charge in [0.05, 0.1) is 11.9 Å². The molecular formula is C13H24N4. The van der Waals surface area contributed by atoms with Crippen molar-refractivity contribution in [3.05, 3.63) is 17.8 Å². The first-order valence-electron chi connectivity index (χ1n) is 6.35. The number of nitrogens with one attached hydrogen (secondary N) is 1. The molecule has 0 aromatic carbocycles. The van der Waals surface area contributed by atoms with Crippen LogP contribution in [0, 0.1) is 6.92 Å². The topological polar surface area (TPSA) is 54.2 Å². The molecule has 1 aromatic rings. The molecule has 0 saturated heterocycles. The number of anilines is 2. The maximum atomic E-state index is 5.72. The average molecular weight is 236 g/mol. The number of rotatable bonds is 7. The van der Waals surface area contributed by atoms with Crippen LogP contribution in [0.3, 0.4) is 0 Å². The van der Waals surface area contributed by atoms with Crippen molar-refractivity contribution >= 4 is 11.5 Å². The van der Waals surface area contributed by atoms with Crippen molar-refractivity contribution in [1.82, 2.24) is 9.88 Å². The Morgan fingerprint density at radius 1 is 1.35 bits per heavy atom. The summed E-state index contributed by atoms with van der Waals surface area (Å²) in [6, 6.07) is 1.99. The predicted molar refractivity (Wildman–Crippen MR) is 74.3 cm³/mol. The SMILES string of the molecule is CCN(CC)CCCNc1cc(C)c(N)cn1. The summed E-state index contributed by atoms with van der Waals surface area (Å²) in [6.45, 7) is 10.7. The van der Waals surface area contributed by atoms with E-state index in [9.17, 15) is 0 Å². The molecule has 0 aliphatic carbocycles. The van der Waals surface area contributed by atoms with Gasteiger partial charge in [-0.25, -0.2) is 4.98 Å². The van der Waals surface area contributed by atoms with Crippen LogP contribution in [0.25, 0.3) is 0 Å². The van der Waals surface area contributed by atoms with Gasteiger partial charge in [-0.15, -0.1) is 0 Å². The van der Waals surface area contributed by atoms with E-state index in [0.29, 0.717) is 0 Å². The predicted octanol–water partition coefficient (Wildman–Crippen LogP) is 2.12. The highest BCUT2D eigenvalue weighted by Crippen LogP contribution is 2.12. The van der Waals surface area contributed by atoms with E-state index in [1.165, 1.54) is 0 Å². The highest BCUT2D eigenvalue weighted by molar-refractivity contribution is 5.50. The summed E-state index contributed by atoms with van der Waals surface area (Å²) in [6.07, 6.45) is 2.84. The van der Waals surface area contributed by atoms with Crippen molar-refractivity contribution in [2.24, 2.45) is 0 Å². The van der Waals surface area contributed by atoms with E-state index in [-0.39, 0.29) is 0 Å². The van der Waals surface area contributed by atoms with Gasteiger partial charge in [0.15, 0.2) is 0 Å². The maximum Gasteiger partial charge on any atom is 0.126 e. The van der Waals surface area contributed by atoms with Gasteiger partial charge in [0.1, 0.15) is 5.82 Å². The van der Waals surface area contributed by atoms with Crippen LogP contribution in [0.5, 0.6) is 0 Å². The summed E-state index contributed by atoms with van der Waals surface area (Å²) in [5.41, 5.74) is 7.55. The van der Waals surface area contributed by atoms with Gasteiger partial charge in [-0.05, 0) is 44.6 Å². The lowest BCUT2D eigenvalue weighted by atomic mass is 10.2. The van der Waals surface area contributed by atoms with Crippen molar-refractivity contribution in [1.29, 1.82) is 0 Å². The Balaban J connectivity index is 2.28. The molecule has 1 aromatic heterocycles. The summed E-state index contributed by atoms with van der Waals surface area (Å²) in [4.78, 5) is 6.67. The zero-order valence-electron chi connectivity index (χ0n) is 11.2. The molecule has 0 unspecified atom stereocenters. The van der Waals surface area contributed by atoms with Crippen molar-refractivity contribution in [3.63, 3.8) is 0 Å². The maximum absolute atomic E-state index is 5.72. The summed E-state index contributed by atoms with van der Waals surface area (Å²) >= 11 is 0. The molecule has 1 rings (SSSR count). The molecule has 4 heteroatoms. The molecule has 1 heterocycles. The molecule has 0 aliphatic rings. The fourth-order valence-electron chi connectivity index (χ4n) is 1.72. The quantitative estimate of drug-likeness (QED) is 0.712. The van der Waals surface area contributed by atoms with Crippen molar-refractivity contribution < 1.29 is 0 Å². The second-order valence-electron chi connectivity index (χ2n) is 4.23. The lowest BCUT2D eigenvalue weighted by Crippen LogP contribution is -2.25. The Hall–Kier alpha value is -1.29. The Morgan fingerprint density at radius 3 is 2.65 bits per heavy atom. The number of nitrogens with two attached hydrogens (primary N) is 1. The molecule has 0 bridgehead atoms. The molecule has 0 atom stereocenters. The lowest BCUT2D eigenvalue weighted by molar-refractivity contribution is 0.303.